The molecule has 1 aliphatic rings. The van der Waals surface area contributed by atoms with Crippen LogP contribution in [0.4, 0.5) is 0 Å². The summed E-state index contributed by atoms with van der Waals surface area (Å²) in [4.78, 5) is 14.1. The highest BCUT2D eigenvalue weighted by Gasteiger charge is 2.37. The Morgan fingerprint density at radius 3 is 2.94 bits per heavy atom. The average molecular weight is 233 g/mol. The van der Waals surface area contributed by atoms with Gasteiger partial charge in [0.2, 0.25) is 5.91 Å². The van der Waals surface area contributed by atoms with Crippen LogP contribution >= 0.6 is 11.9 Å². The normalized spacial score (nSPS) is 17.9. The molecule has 82 valence electrons. The molecule has 1 atom stereocenters. The first kappa shape index (κ1) is 11.0. The van der Waals surface area contributed by atoms with Crippen molar-refractivity contribution in [2.24, 2.45) is 0 Å². The number of hydrogen-bond acceptors (Lipinski definition) is 4. The van der Waals surface area contributed by atoms with Gasteiger partial charge >= 0.3 is 0 Å². The van der Waals surface area contributed by atoms with Crippen molar-refractivity contribution in [1.29, 1.82) is 5.26 Å². The molecule has 1 aromatic rings. The Labute approximate surface area is 98.4 Å². The third-order valence-electron chi connectivity index (χ3n) is 2.24. The summed E-state index contributed by atoms with van der Waals surface area (Å²) in [6, 6.07) is 11.6. The maximum absolute atomic E-state index is 11.5. The Bertz CT molecular complexity index is 415. The Morgan fingerprint density at radius 1 is 1.56 bits per heavy atom. The van der Waals surface area contributed by atoms with E-state index in [4.69, 9.17) is 5.26 Å². The number of amides is 1. The number of nitrogens with one attached hydrogen (secondary N) is 1. The lowest BCUT2D eigenvalue weighted by Gasteiger charge is -2.03. The number of carbonyl (C=O) groups is 1. The van der Waals surface area contributed by atoms with E-state index < -0.39 is 0 Å². The summed E-state index contributed by atoms with van der Waals surface area (Å²) in [5.41, 5.74) is 0. The fourth-order valence-corrected chi connectivity index (χ4v) is 1.95. The molecule has 1 unspecified atom stereocenters. The second kappa shape index (κ2) is 5.01. The second-order valence-electron chi connectivity index (χ2n) is 3.43. The van der Waals surface area contributed by atoms with E-state index in [0.29, 0.717) is 6.54 Å². The summed E-state index contributed by atoms with van der Waals surface area (Å²) in [6.07, 6.45) is 0. The smallest absolute Gasteiger partial charge is 0.238 e. The van der Waals surface area contributed by atoms with E-state index in [1.165, 1.54) is 11.9 Å². The number of carbonyl (C=O) groups excluding carboxylic acids is 1. The van der Waals surface area contributed by atoms with Crippen molar-refractivity contribution < 1.29 is 4.79 Å². The second-order valence-corrected chi connectivity index (χ2v) is 4.39. The molecule has 0 aromatic heterocycles. The maximum Gasteiger partial charge on any atom is 0.238 e. The van der Waals surface area contributed by atoms with E-state index in [-0.39, 0.29) is 18.5 Å². The Morgan fingerprint density at radius 2 is 2.31 bits per heavy atom. The van der Waals surface area contributed by atoms with Gasteiger partial charge in [-0.2, -0.15) is 5.26 Å². The van der Waals surface area contributed by atoms with Crippen LogP contribution in [0.5, 0.6) is 0 Å². The minimum Gasteiger partial charge on any atom is -0.321 e. The summed E-state index contributed by atoms with van der Waals surface area (Å²) in [5, 5.41) is 8.56. The molecule has 1 saturated heterocycles. The van der Waals surface area contributed by atoms with Crippen molar-refractivity contribution >= 4 is 17.9 Å². The molecule has 0 spiro atoms. The molecule has 0 bridgehead atoms. The van der Waals surface area contributed by atoms with Gasteiger partial charge in [0, 0.05) is 4.90 Å². The van der Waals surface area contributed by atoms with Crippen LogP contribution in [-0.2, 0) is 4.79 Å². The molecule has 1 N–H and O–H groups in total. The van der Waals surface area contributed by atoms with Crippen LogP contribution in [0.2, 0.25) is 0 Å². The van der Waals surface area contributed by atoms with Crippen molar-refractivity contribution in [3.05, 3.63) is 30.3 Å². The summed E-state index contributed by atoms with van der Waals surface area (Å²) in [5.74, 6) is -0.0185. The van der Waals surface area contributed by atoms with E-state index in [2.05, 4.69) is 4.72 Å². The first-order valence-electron chi connectivity index (χ1n) is 4.95. The van der Waals surface area contributed by atoms with E-state index >= 15 is 0 Å². The predicted octanol–water partition coefficient (Wildman–Crippen LogP) is 1.02. The lowest BCUT2D eigenvalue weighted by molar-refractivity contribution is -0.124. The molecule has 0 radical (unpaired) electrons. The molecule has 1 amide bonds. The molecule has 4 nitrogen and oxygen atoms in total. The topological polar surface area (TPSA) is 55.9 Å². The summed E-state index contributed by atoms with van der Waals surface area (Å²) in [7, 11) is 0. The van der Waals surface area contributed by atoms with Gasteiger partial charge in [0.15, 0.2) is 0 Å². The van der Waals surface area contributed by atoms with Crippen molar-refractivity contribution in [3.63, 3.8) is 0 Å². The highest BCUT2D eigenvalue weighted by molar-refractivity contribution is 7.97. The van der Waals surface area contributed by atoms with E-state index in [0.717, 1.165) is 4.90 Å². The van der Waals surface area contributed by atoms with Gasteiger partial charge in [0.05, 0.1) is 19.2 Å². The molecule has 1 aromatic carbocycles. The van der Waals surface area contributed by atoms with Gasteiger partial charge in [0.25, 0.3) is 0 Å². The fraction of sp³-hybridized carbons (Fsp3) is 0.273. The van der Waals surface area contributed by atoms with Gasteiger partial charge in [-0.25, -0.2) is 0 Å². The van der Waals surface area contributed by atoms with Crippen LogP contribution in [0.1, 0.15) is 0 Å². The molecule has 16 heavy (non-hydrogen) atoms. The molecule has 1 aliphatic heterocycles. The van der Waals surface area contributed by atoms with Crippen molar-refractivity contribution in [2.75, 3.05) is 13.1 Å². The van der Waals surface area contributed by atoms with Crippen molar-refractivity contribution in [2.45, 2.75) is 10.9 Å². The van der Waals surface area contributed by atoms with E-state index in [1.54, 1.807) is 4.90 Å². The number of benzene rings is 1. The monoisotopic (exact) mass is 233 g/mol. The minimum absolute atomic E-state index is 0.0185. The zero-order valence-corrected chi connectivity index (χ0v) is 9.41. The molecular formula is C11H11N3OS. The van der Waals surface area contributed by atoms with Gasteiger partial charge in [-0.15, -0.1) is 0 Å². The van der Waals surface area contributed by atoms with Gasteiger partial charge in [0.1, 0.15) is 6.04 Å². The largest absolute Gasteiger partial charge is 0.321 e. The summed E-state index contributed by atoms with van der Waals surface area (Å²) in [6.45, 7) is 0.838. The molecule has 1 fully saturated rings. The number of nitrogens with zero attached hydrogens (tertiary/aromatic N) is 2. The molecule has 2 rings (SSSR count). The van der Waals surface area contributed by atoms with Crippen LogP contribution in [0.25, 0.3) is 0 Å². The zero-order chi connectivity index (χ0) is 11.4. The molecule has 0 saturated carbocycles. The van der Waals surface area contributed by atoms with Crippen LogP contribution < -0.4 is 4.72 Å². The van der Waals surface area contributed by atoms with Crippen molar-refractivity contribution in [3.8, 4) is 6.07 Å². The van der Waals surface area contributed by atoms with Crippen LogP contribution in [-0.4, -0.2) is 29.9 Å². The third kappa shape index (κ3) is 2.75. The highest BCUT2D eigenvalue weighted by Crippen LogP contribution is 2.17. The number of hydrogen-bond donors (Lipinski definition) is 1. The average Bonchev–Trinajstić information content (AvgIpc) is 3.09. The van der Waals surface area contributed by atoms with Crippen molar-refractivity contribution in [1.82, 2.24) is 9.62 Å². The SMILES string of the molecule is N#CC1CN1C(=O)CNSc1ccccc1. The molecule has 1 heterocycles. The number of nitriles is 1. The maximum atomic E-state index is 11.5. The standard InChI is InChI=1S/C11H11N3OS/c12-6-9-8-14(9)11(15)7-13-16-10-4-2-1-3-5-10/h1-5,9,13H,7-8H2. The first-order valence-corrected chi connectivity index (χ1v) is 5.77. The molecule has 0 aliphatic carbocycles. The zero-order valence-electron chi connectivity index (χ0n) is 8.59. The Hall–Kier alpha value is -1.51. The highest BCUT2D eigenvalue weighted by atomic mass is 32.2. The molecular weight excluding hydrogens is 222 g/mol. The Kier molecular flexibility index (Phi) is 3.44. The fourth-order valence-electron chi connectivity index (χ4n) is 1.30. The van der Waals surface area contributed by atoms with Crippen LogP contribution in [0, 0.1) is 11.3 Å². The molecule has 5 heteroatoms. The predicted molar refractivity (Wildman–Crippen MR) is 61.4 cm³/mol. The first-order chi connectivity index (χ1) is 7.81. The number of rotatable bonds is 4. The lowest BCUT2D eigenvalue weighted by Crippen LogP contribution is -2.24. The van der Waals surface area contributed by atoms with E-state index in [9.17, 15) is 4.79 Å². The lowest BCUT2D eigenvalue weighted by atomic mass is 10.4. The van der Waals surface area contributed by atoms with Gasteiger partial charge < -0.3 is 4.90 Å². The van der Waals surface area contributed by atoms with Gasteiger partial charge in [-0.05, 0) is 24.1 Å². The summed E-state index contributed by atoms with van der Waals surface area (Å²) < 4.78 is 2.98. The van der Waals surface area contributed by atoms with Crippen LogP contribution in [0.3, 0.4) is 0 Å². The van der Waals surface area contributed by atoms with Crippen LogP contribution in [0.15, 0.2) is 35.2 Å². The Balaban J connectivity index is 1.70. The quantitative estimate of drug-likeness (QED) is 0.623. The summed E-state index contributed by atoms with van der Waals surface area (Å²) >= 11 is 1.42. The third-order valence-corrected chi connectivity index (χ3v) is 3.03. The minimum atomic E-state index is -0.198. The van der Waals surface area contributed by atoms with Gasteiger partial charge in [-0.1, -0.05) is 18.2 Å². The van der Waals surface area contributed by atoms with Gasteiger partial charge in [-0.3, -0.25) is 9.52 Å². The van der Waals surface area contributed by atoms with E-state index in [1.807, 2.05) is 36.4 Å².